The van der Waals surface area contributed by atoms with Crippen LogP contribution in [0.2, 0.25) is 0 Å². The molecule has 1 amide bonds. The number of hydrogen-bond acceptors (Lipinski definition) is 3. The first-order valence-electron chi connectivity index (χ1n) is 8.17. The number of halogens is 1. The quantitative estimate of drug-likeness (QED) is 0.865. The Morgan fingerprint density at radius 2 is 1.62 bits per heavy atom. The van der Waals surface area contributed by atoms with Gasteiger partial charge in [-0.2, -0.15) is 0 Å². The van der Waals surface area contributed by atoms with Crippen molar-refractivity contribution in [2.24, 2.45) is 0 Å². The molecule has 0 aromatic heterocycles. The molecule has 1 saturated heterocycles. The maximum Gasteiger partial charge on any atom is 0.247 e. The average Bonchev–Trinajstić information content (AvgIpc) is 2.63. The molecule has 4 nitrogen and oxygen atoms in total. The zero-order valence-electron chi connectivity index (χ0n) is 13.8. The zero-order valence-corrected chi connectivity index (χ0v) is 14.5. The van der Waals surface area contributed by atoms with E-state index in [0.717, 1.165) is 43.1 Å². The van der Waals surface area contributed by atoms with Gasteiger partial charge >= 0.3 is 0 Å². The molecule has 0 radical (unpaired) electrons. The summed E-state index contributed by atoms with van der Waals surface area (Å²) in [6, 6.07) is 17.3. The van der Waals surface area contributed by atoms with Crippen LogP contribution in [0, 0.1) is 0 Å². The van der Waals surface area contributed by atoms with Gasteiger partial charge in [-0.15, -0.1) is 11.6 Å². The second-order valence-electron chi connectivity index (χ2n) is 6.07. The van der Waals surface area contributed by atoms with E-state index in [2.05, 4.69) is 22.2 Å². The summed E-state index contributed by atoms with van der Waals surface area (Å²) in [5.41, 5.74) is 2.67. The molecule has 5 heteroatoms. The van der Waals surface area contributed by atoms with E-state index < -0.39 is 5.38 Å². The number of amides is 1. The summed E-state index contributed by atoms with van der Waals surface area (Å²) in [5.74, 6) is -0.204. The second kappa shape index (κ2) is 7.69. The molecule has 1 aliphatic heterocycles. The van der Waals surface area contributed by atoms with Gasteiger partial charge in [0.05, 0.1) is 11.4 Å². The molecule has 24 heavy (non-hydrogen) atoms. The summed E-state index contributed by atoms with van der Waals surface area (Å²) in [4.78, 5) is 17.1. The molecule has 1 heterocycles. The standard InChI is InChI=1S/C19H22ClN3O/c1-22-11-13-23(14-12-22)17-10-6-5-9-16(17)21-19(24)18(20)15-7-3-2-4-8-15/h2-10,18H,11-14H2,1H3,(H,21,24)/t18-/m1/s1. The van der Waals surface area contributed by atoms with E-state index in [0.29, 0.717) is 0 Å². The lowest BCUT2D eigenvalue weighted by atomic mass is 10.1. The number of carbonyl (C=O) groups excluding carboxylic acids is 1. The van der Waals surface area contributed by atoms with Gasteiger partial charge in [0.15, 0.2) is 0 Å². The predicted molar refractivity (Wildman–Crippen MR) is 99.8 cm³/mol. The van der Waals surface area contributed by atoms with Crippen LogP contribution >= 0.6 is 11.6 Å². The van der Waals surface area contributed by atoms with Crippen LogP contribution < -0.4 is 10.2 Å². The fraction of sp³-hybridized carbons (Fsp3) is 0.316. The summed E-state index contributed by atoms with van der Waals surface area (Å²) < 4.78 is 0. The minimum atomic E-state index is -0.702. The van der Waals surface area contributed by atoms with E-state index in [1.165, 1.54) is 0 Å². The molecule has 126 valence electrons. The lowest BCUT2D eigenvalue weighted by Gasteiger charge is -2.35. The number of rotatable bonds is 4. The van der Waals surface area contributed by atoms with E-state index in [1.54, 1.807) is 0 Å². The molecule has 3 rings (SSSR count). The molecule has 2 aromatic rings. The van der Waals surface area contributed by atoms with Crippen LogP contribution in [0.4, 0.5) is 11.4 Å². The van der Waals surface area contributed by atoms with E-state index in [-0.39, 0.29) is 5.91 Å². The number of carbonyl (C=O) groups is 1. The Hall–Kier alpha value is -2.04. The van der Waals surface area contributed by atoms with Crippen LogP contribution in [0.25, 0.3) is 0 Å². The number of para-hydroxylation sites is 2. The topological polar surface area (TPSA) is 35.6 Å². The normalized spacial score (nSPS) is 16.7. The highest BCUT2D eigenvalue weighted by Crippen LogP contribution is 2.29. The van der Waals surface area contributed by atoms with Gasteiger partial charge in [-0.25, -0.2) is 0 Å². The lowest BCUT2D eigenvalue weighted by Crippen LogP contribution is -2.44. The summed E-state index contributed by atoms with van der Waals surface area (Å²) >= 11 is 6.33. The summed E-state index contributed by atoms with van der Waals surface area (Å²) in [6.45, 7) is 3.94. The maximum atomic E-state index is 12.5. The summed E-state index contributed by atoms with van der Waals surface area (Å²) in [5, 5.41) is 2.29. The first-order chi connectivity index (χ1) is 11.6. The largest absolute Gasteiger partial charge is 0.367 e. The number of alkyl halides is 1. The molecule has 0 bridgehead atoms. The fourth-order valence-corrected chi connectivity index (χ4v) is 3.07. The van der Waals surface area contributed by atoms with Crippen molar-refractivity contribution in [2.75, 3.05) is 43.4 Å². The average molecular weight is 344 g/mol. The first-order valence-corrected chi connectivity index (χ1v) is 8.61. The molecule has 1 aliphatic rings. The van der Waals surface area contributed by atoms with Gasteiger partial charge < -0.3 is 15.1 Å². The van der Waals surface area contributed by atoms with Crippen LogP contribution in [0.1, 0.15) is 10.9 Å². The van der Waals surface area contributed by atoms with Crippen LogP contribution in [-0.4, -0.2) is 44.0 Å². The molecule has 0 unspecified atom stereocenters. The van der Waals surface area contributed by atoms with Gasteiger partial charge in [-0.3, -0.25) is 4.79 Å². The first kappa shape index (κ1) is 16.8. The smallest absolute Gasteiger partial charge is 0.247 e. The van der Waals surface area contributed by atoms with Crippen molar-refractivity contribution in [3.05, 3.63) is 60.2 Å². The maximum absolute atomic E-state index is 12.5. The third kappa shape index (κ3) is 3.89. The van der Waals surface area contributed by atoms with Crippen LogP contribution in [0.15, 0.2) is 54.6 Å². The van der Waals surface area contributed by atoms with E-state index in [4.69, 9.17) is 11.6 Å². The van der Waals surface area contributed by atoms with Gasteiger partial charge in [0, 0.05) is 26.2 Å². The van der Waals surface area contributed by atoms with Crippen molar-refractivity contribution in [2.45, 2.75) is 5.38 Å². The third-order valence-corrected chi connectivity index (χ3v) is 4.78. The Labute approximate surface area is 148 Å². The molecule has 0 spiro atoms. The fourth-order valence-electron chi connectivity index (χ4n) is 2.87. The number of nitrogens with zero attached hydrogens (tertiary/aromatic N) is 2. The van der Waals surface area contributed by atoms with Gasteiger partial charge in [0.2, 0.25) is 5.91 Å². The highest BCUT2D eigenvalue weighted by molar-refractivity contribution is 6.32. The second-order valence-corrected chi connectivity index (χ2v) is 6.51. The van der Waals surface area contributed by atoms with Gasteiger partial charge in [0.1, 0.15) is 5.38 Å². The molecule has 1 atom stereocenters. The molecule has 1 N–H and O–H groups in total. The number of likely N-dealkylation sites (N-methyl/N-ethyl adjacent to an activating group) is 1. The van der Waals surface area contributed by atoms with Crippen molar-refractivity contribution in [3.63, 3.8) is 0 Å². The lowest BCUT2D eigenvalue weighted by molar-refractivity contribution is -0.116. The SMILES string of the molecule is CN1CCN(c2ccccc2NC(=O)[C@H](Cl)c2ccccc2)CC1. The molecule has 1 fully saturated rings. The Balaban J connectivity index is 1.74. The van der Waals surface area contributed by atoms with Gasteiger partial charge in [0.25, 0.3) is 0 Å². The number of anilines is 2. The molecule has 0 saturated carbocycles. The monoisotopic (exact) mass is 343 g/mol. The Morgan fingerprint density at radius 3 is 2.33 bits per heavy atom. The number of piperazine rings is 1. The molecular weight excluding hydrogens is 322 g/mol. The summed E-state index contributed by atoms with van der Waals surface area (Å²) in [6.07, 6.45) is 0. The molecule has 2 aromatic carbocycles. The number of nitrogens with one attached hydrogen (secondary N) is 1. The molecular formula is C19H22ClN3O. The van der Waals surface area contributed by atoms with Crippen molar-refractivity contribution in [1.82, 2.24) is 4.90 Å². The minimum Gasteiger partial charge on any atom is -0.367 e. The molecule has 0 aliphatic carbocycles. The Kier molecular flexibility index (Phi) is 5.38. The van der Waals surface area contributed by atoms with Gasteiger partial charge in [-0.1, -0.05) is 42.5 Å². The van der Waals surface area contributed by atoms with E-state index in [9.17, 15) is 4.79 Å². The zero-order chi connectivity index (χ0) is 16.9. The van der Waals surface area contributed by atoms with E-state index in [1.807, 2.05) is 54.6 Å². The Bertz CT molecular complexity index is 684. The minimum absolute atomic E-state index is 0.204. The van der Waals surface area contributed by atoms with E-state index >= 15 is 0 Å². The Morgan fingerprint density at radius 1 is 1.00 bits per heavy atom. The number of hydrogen-bond donors (Lipinski definition) is 1. The highest BCUT2D eigenvalue weighted by atomic mass is 35.5. The van der Waals surface area contributed by atoms with Crippen LogP contribution in [-0.2, 0) is 4.79 Å². The number of benzene rings is 2. The van der Waals surface area contributed by atoms with Crippen LogP contribution in [0.5, 0.6) is 0 Å². The highest BCUT2D eigenvalue weighted by Gasteiger charge is 2.21. The van der Waals surface area contributed by atoms with Crippen LogP contribution in [0.3, 0.4) is 0 Å². The predicted octanol–water partition coefficient (Wildman–Crippen LogP) is 3.36. The van der Waals surface area contributed by atoms with Gasteiger partial charge in [-0.05, 0) is 24.7 Å². The summed E-state index contributed by atoms with van der Waals surface area (Å²) in [7, 11) is 2.13. The van der Waals surface area contributed by atoms with Crippen molar-refractivity contribution < 1.29 is 4.79 Å². The van der Waals surface area contributed by atoms with Crippen molar-refractivity contribution in [3.8, 4) is 0 Å². The van der Waals surface area contributed by atoms with Crippen molar-refractivity contribution in [1.29, 1.82) is 0 Å². The van der Waals surface area contributed by atoms with Crippen molar-refractivity contribution >= 4 is 28.9 Å². The third-order valence-electron chi connectivity index (χ3n) is 4.33.